The van der Waals surface area contributed by atoms with Gasteiger partial charge in [-0.05, 0) is 65.7 Å². The van der Waals surface area contributed by atoms with E-state index in [1.807, 2.05) is 17.5 Å². The summed E-state index contributed by atoms with van der Waals surface area (Å²) < 4.78 is 0. The standard InChI is InChI=1S/C16H20N2OS2/c19-16(15-2-1-8-21-15)17-10-13-3-6-18(7-4-13)11-14-5-9-20-12-14/h1-2,5,8-9,12-13H,3-4,6-7,10-11H2,(H,17,19). The average Bonchev–Trinajstić information content (AvgIpc) is 3.19. The molecule has 0 aromatic carbocycles. The maximum absolute atomic E-state index is 11.9. The maximum atomic E-state index is 11.9. The van der Waals surface area contributed by atoms with Crippen molar-refractivity contribution in [2.45, 2.75) is 19.4 Å². The van der Waals surface area contributed by atoms with Crippen molar-refractivity contribution < 1.29 is 4.79 Å². The molecule has 5 heteroatoms. The van der Waals surface area contributed by atoms with E-state index >= 15 is 0 Å². The van der Waals surface area contributed by atoms with Gasteiger partial charge in [0.25, 0.3) is 5.91 Å². The number of piperidine rings is 1. The van der Waals surface area contributed by atoms with Gasteiger partial charge in [-0.15, -0.1) is 11.3 Å². The molecule has 1 N–H and O–H groups in total. The largest absolute Gasteiger partial charge is 0.351 e. The fraction of sp³-hybridized carbons (Fsp3) is 0.438. The first-order chi connectivity index (χ1) is 10.3. The molecule has 2 aromatic rings. The molecule has 112 valence electrons. The molecule has 0 atom stereocenters. The van der Waals surface area contributed by atoms with Crippen LogP contribution in [0.5, 0.6) is 0 Å². The maximum Gasteiger partial charge on any atom is 0.261 e. The number of nitrogens with zero attached hydrogens (tertiary/aromatic N) is 1. The number of carbonyl (C=O) groups is 1. The lowest BCUT2D eigenvalue weighted by Crippen LogP contribution is -2.38. The lowest BCUT2D eigenvalue weighted by Gasteiger charge is -2.31. The molecule has 2 aromatic heterocycles. The van der Waals surface area contributed by atoms with Crippen molar-refractivity contribution in [3.63, 3.8) is 0 Å². The fourth-order valence-electron chi connectivity index (χ4n) is 2.72. The summed E-state index contributed by atoms with van der Waals surface area (Å²) in [4.78, 5) is 15.2. The van der Waals surface area contributed by atoms with Crippen molar-refractivity contribution in [1.29, 1.82) is 0 Å². The van der Waals surface area contributed by atoms with Crippen molar-refractivity contribution >= 4 is 28.6 Å². The molecular weight excluding hydrogens is 300 g/mol. The quantitative estimate of drug-likeness (QED) is 0.915. The van der Waals surface area contributed by atoms with Gasteiger partial charge in [-0.3, -0.25) is 9.69 Å². The van der Waals surface area contributed by atoms with Crippen LogP contribution in [-0.4, -0.2) is 30.4 Å². The summed E-state index contributed by atoms with van der Waals surface area (Å²) in [6, 6.07) is 6.00. The predicted molar refractivity (Wildman–Crippen MR) is 89.0 cm³/mol. The Morgan fingerprint density at radius 2 is 2.14 bits per heavy atom. The van der Waals surface area contributed by atoms with Crippen molar-refractivity contribution in [3.05, 3.63) is 44.8 Å². The summed E-state index contributed by atoms with van der Waals surface area (Å²) in [6.45, 7) is 4.14. The molecule has 1 saturated heterocycles. The molecule has 0 unspecified atom stereocenters. The lowest BCUT2D eigenvalue weighted by molar-refractivity contribution is 0.0939. The van der Waals surface area contributed by atoms with E-state index in [9.17, 15) is 4.79 Å². The Hall–Kier alpha value is -1.17. The molecule has 21 heavy (non-hydrogen) atoms. The Bertz CT molecular complexity index is 543. The molecule has 3 nitrogen and oxygen atoms in total. The lowest BCUT2D eigenvalue weighted by atomic mass is 9.96. The molecule has 0 aliphatic carbocycles. The molecule has 0 radical (unpaired) electrons. The van der Waals surface area contributed by atoms with Crippen LogP contribution in [0.3, 0.4) is 0 Å². The highest BCUT2D eigenvalue weighted by atomic mass is 32.1. The van der Waals surface area contributed by atoms with Gasteiger partial charge in [0.1, 0.15) is 0 Å². The number of hydrogen-bond acceptors (Lipinski definition) is 4. The van der Waals surface area contributed by atoms with E-state index in [0.717, 1.165) is 31.1 Å². The van der Waals surface area contributed by atoms with Gasteiger partial charge in [-0.25, -0.2) is 0 Å². The summed E-state index contributed by atoms with van der Waals surface area (Å²) >= 11 is 3.27. The Morgan fingerprint density at radius 3 is 2.81 bits per heavy atom. The van der Waals surface area contributed by atoms with Crippen LogP contribution < -0.4 is 5.32 Å². The van der Waals surface area contributed by atoms with Gasteiger partial charge < -0.3 is 5.32 Å². The van der Waals surface area contributed by atoms with Crippen molar-refractivity contribution in [1.82, 2.24) is 10.2 Å². The zero-order chi connectivity index (χ0) is 14.5. The third kappa shape index (κ3) is 4.15. The molecule has 1 fully saturated rings. The molecular formula is C16H20N2OS2. The predicted octanol–water partition coefficient (Wildman–Crippen LogP) is 3.45. The monoisotopic (exact) mass is 320 g/mol. The van der Waals surface area contributed by atoms with Crippen LogP contribution in [0.25, 0.3) is 0 Å². The number of nitrogens with one attached hydrogen (secondary N) is 1. The second-order valence-electron chi connectivity index (χ2n) is 5.54. The SMILES string of the molecule is O=C(NCC1CCN(Cc2ccsc2)CC1)c1cccs1. The smallest absolute Gasteiger partial charge is 0.261 e. The molecule has 1 aliphatic heterocycles. The third-order valence-electron chi connectivity index (χ3n) is 3.99. The molecule has 0 spiro atoms. The highest BCUT2D eigenvalue weighted by Crippen LogP contribution is 2.19. The van der Waals surface area contributed by atoms with Gasteiger partial charge >= 0.3 is 0 Å². The first kappa shape index (κ1) is 14.8. The first-order valence-electron chi connectivity index (χ1n) is 7.36. The van der Waals surface area contributed by atoms with E-state index in [0.29, 0.717) is 5.92 Å². The topological polar surface area (TPSA) is 32.3 Å². The highest BCUT2D eigenvalue weighted by Gasteiger charge is 2.20. The number of carbonyl (C=O) groups excluding carboxylic acids is 1. The van der Waals surface area contributed by atoms with E-state index in [2.05, 4.69) is 27.0 Å². The van der Waals surface area contributed by atoms with Crippen LogP contribution in [0, 0.1) is 5.92 Å². The van der Waals surface area contributed by atoms with Gasteiger partial charge in [-0.1, -0.05) is 6.07 Å². The van der Waals surface area contributed by atoms with Crippen LogP contribution >= 0.6 is 22.7 Å². The summed E-state index contributed by atoms with van der Waals surface area (Å²) in [5, 5.41) is 9.38. The zero-order valence-electron chi connectivity index (χ0n) is 12.0. The summed E-state index contributed by atoms with van der Waals surface area (Å²) in [7, 11) is 0. The molecule has 3 heterocycles. The van der Waals surface area contributed by atoms with E-state index < -0.39 is 0 Å². The van der Waals surface area contributed by atoms with E-state index in [-0.39, 0.29) is 5.91 Å². The highest BCUT2D eigenvalue weighted by molar-refractivity contribution is 7.12. The minimum Gasteiger partial charge on any atom is -0.351 e. The number of likely N-dealkylation sites (tertiary alicyclic amines) is 1. The number of amides is 1. The van der Waals surface area contributed by atoms with Gasteiger partial charge in [0.15, 0.2) is 0 Å². The molecule has 0 saturated carbocycles. The van der Waals surface area contributed by atoms with Crippen LogP contribution in [0.4, 0.5) is 0 Å². The zero-order valence-corrected chi connectivity index (χ0v) is 13.6. The Kier molecular flexibility index (Phi) is 5.06. The van der Waals surface area contributed by atoms with Gasteiger partial charge in [-0.2, -0.15) is 11.3 Å². The molecule has 1 aliphatic rings. The van der Waals surface area contributed by atoms with Gasteiger partial charge in [0.2, 0.25) is 0 Å². The second-order valence-corrected chi connectivity index (χ2v) is 7.27. The minimum absolute atomic E-state index is 0.0747. The molecule has 0 bridgehead atoms. The summed E-state index contributed by atoms with van der Waals surface area (Å²) in [6.07, 6.45) is 2.35. The normalized spacial score (nSPS) is 17.0. The molecule has 3 rings (SSSR count). The summed E-state index contributed by atoms with van der Waals surface area (Å²) in [5.74, 6) is 0.693. The van der Waals surface area contributed by atoms with Crippen molar-refractivity contribution in [2.24, 2.45) is 5.92 Å². The van der Waals surface area contributed by atoms with Gasteiger partial charge in [0.05, 0.1) is 4.88 Å². The number of hydrogen-bond donors (Lipinski definition) is 1. The van der Waals surface area contributed by atoms with Crippen molar-refractivity contribution in [2.75, 3.05) is 19.6 Å². The fourth-order valence-corrected chi connectivity index (χ4v) is 4.02. The first-order valence-corrected chi connectivity index (χ1v) is 9.18. The summed E-state index contributed by atoms with van der Waals surface area (Å²) in [5.41, 5.74) is 1.42. The van der Waals surface area contributed by atoms with E-state index in [1.165, 1.54) is 29.7 Å². The second kappa shape index (κ2) is 7.20. The Balaban J connectivity index is 1.39. The number of rotatable bonds is 5. The van der Waals surface area contributed by atoms with E-state index in [4.69, 9.17) is 0 Å². The van der Waals surface area contributed by atoms with Crippen LogP contribution in [0.2, 0.25) is 0 Å². The van der Waals surface area contributed by atoms with Crippen LogP contribution in [0.15, 0.2) is 34.3 Å². The van der Waals surface area contributed by atoms with Crippen LogP contribution in [0.1, 0.15) is 28.1 Å². The van der Waals surface area contributed by atoms with E-state index in [1.54, 1.807) is 11.3 Å². The number of thiophene rings is 2. The van der Waals surface area contributed by atoms with Crippen molar-refractivity contribution in [3.8, 4) is 0 Å². The minimum atomic E-state index is 0.0747. The van der Waals surface area contributed by atoms with Crippen LogP contribution in [-0.2, 0) is 6.54 Å². The third-order valence-corrected chi connectivity index (χ3v) is 5.59. The Labute approximate surface area is 133 Å². The average molecular weight is 320 g/mol. The molecule has 1 amide bonds. The Morgan fingerprint density at radius 1 is 1.29 bits per heavy atom. The van der Waals surface area contributed by atoms with Gasteiger partial charge in [0, 0.05) is 13.1 Å².